The minimum absolute atomic E-state index is 0.304. The predicted molar refractivity (Wildman–Crippen MR) is 59.0 cm³/mol. The van der Waals surface area contributed by atoms with Gasteiger partial charge in [0.2, 0.25) is 0 Å². The maximum atomic E-state index is 5.12. The molecule has 1 atom stereocenters. The Bertz CT molecular complexity index is 406. The molecule has 3 heteroatoms. The van der Waals surface area contributed by atoms with E-state index in [-0.39, 0.29) is 0 Å². The van der Waals surface area contributed by atoms with Crippen molar-refractivity contribution in [3.8, 4) is 5.75 Å². The Kier molecular flexibility index (Phi) is 2.72. The molecule has 0 aliphatic carbocycles. The molecule has 0 saturated heterocycles. The molecule has 2 rings (SSSR count). The average Bonchev–Trinajstić information content (AvgIpc) is 2.82. The molecule has 0 aliphatic rings. The van der Waals surface area contributed by atoms with E-state index in [1.165, 1.54) is 5.56 Å². The second-order valence-corrected chi connectivity index (χ2v) is 3.46. The van der Waals surface area contributed by atoms with Crippen molar-refractivity contribution < 1.29 is 4.74 Å². The van der Waals surface area contributed by atoms with E-state index in [0.717, 1.165) is 5.75 Å². The molecule has 0 unspecified atom stereocenters. The summed E-state index contributed by atoms with van der Waals surface area (Å²) in [5.41, 5.74) is 1.24. The van der Waals surface area contributed by atoms with Crippen molar-refractivity contribution in [3.05, 3.63) is 48.5 Å². The van der Waals surface area contributed by atoms with Gasteiger partial charge in [0, 0.05) is 12.4 Å². The van der Waals surface area contributed by atoms with Crippen molar-refractivity contribution in [1.82, 2.24) is 9.55 Å². The van der Waals surface area contributed by atoms with E-state index in [1.54, 1.807) is 13.3 Å². The maximum absolute atomic E-state index is 5.12. The van der Waals surface area contributed by atoms with E-state index in [4.69, 9.17) is 4.74 Å². The Morgan fingerprint density at radius 2 is 2.00 bits per heavy atom. The van der Waals surface area contributed by atoms with Crippen LogP contribution < -0.4 is 4.74 Å². The first-order valence-corrected chi connectivity index (χ1v) is 4.92. The van der Waals surface area contributed by atoms with E-state index in [0.29, 0.717) is 6.04 Å². The molecule has 0 radical (unpaired) electrons. The van der Waals surface area contributed by atoms with Crippen LogP contribution in [-0.2, 0) is 0 Å². The van der Waals surface area contributed by atoms with Crippen molar-refractivity contribution in [1.29, 1.82) is 0 Å². The lowest BCUT2D eigenvalue weighted by Crippen LogP contribution is -2.03. The van der Waals surface area contributed by atoms with Gasteiger partial charge in [-0.1, -0.05) is 12.1 Å². The van der Waals surface area contributed by atoms with Crippen LogP contribution in [0.2, 0.25) is 0 Å². The van der Waals surface area contributed by atoms with Crippen LogP contribution in [0.1, 0.15) is 18.5 Å². The summed E-state index contributed by atoms with van der Waals surface area (Å²) in [5, 5.41) is 0. The summed E-state index contributed by atoms with van der Waals surface area (Å²) < 4.78 is 7.19. The third-order valence-electron chi connectivity index (χ3n) is 2.57. The lowest BCUT2D eigenvalue weighted by atomic mass is 10.1. The van der Waals surface area contributed by atoms with Crippen molar-refractivity contribution in [2.75, 3.05) is 7.11 Å². The van der Waals surface area contributed by atoms with Crippen molar-refractivity contribution in [3.63, 3.8) is 0 Å². The SMILES string of the molecule is COc1ccc([C@@H](C)n2ccnc2)cc1. The predicted octanol–water partition coefficient (Wildman–Crippen LogP) is 2.50. The summed E-state index contributed by atoms with van der Waals surface area (Å²) in [5.74, 6) is 0.886. The minimum Gasteiger partial charge on any atom is -0.497 e. The normalized spacial score (nSPS) is 12.4. The fourth-order valence-electron chi connectivity index (χ4n) is 1.55. The molecule has 1 aromatic carbocycles. The highest BCUT2D eigenvalue weighted by Gasteiger charge is 2.06. The zero-order valence-electron chi connectivity index (χ0n) is 8.92. The largest absolute Gasteiger partial charge is 0.497 e. The van der Waals surface area contributed by atoms with Gasteiger partial charge in [0.25, 0.3) is 0 Å². The fourth-order valence-corrected chi connectivity index (χ4v) is 1.55. The quantitative estimate of drug-likeness (QED) is 0.764. The zero-order chi connectivity index (χ0) is 10.7. The monoisotopic (exact) mass is 202 g/mol. The molecule has 1 heterocycles. The molecular formula is C12H14N2O. The number of ether oxygens (including phenoxy) is 1. The molecular weight excluding hydrogens is 188 g/mol. The van der Waals surface area contributed by atoms with Gasteiger partial charge in [-0.3, -0.25) is 0 Å². The molecule has 15 heavy (non-hydrogen) atoms. The second-order valence-electron chi connectivity index (χ2n) is 3.46. The molecule has 0 amide bonds. The molecule has 0 fully saturated rings. The number of hydrogen-bond acceptors (Lipinski definition) is 2. The van der Waals surface area contributed by atoms with Gasteiger partial charge < -0.3 is 9.30 Å². The molecule has 0 saturated carbocycles. The lowest BCUT2D eigenvalue weighted by Gasteiger charge is -2.13. The van der Waals surface area contributed by atoms with Crippen LogP contribution in [0.4, 0.5) is 0 Å². The van der Waals surface area contributed by atoms with E-state index < -0.39 is 0 Å². The van der Waals surface area contributed by atoms with Crippen LogP contribution >= 0.6 is 0 Å². The average molecular weight is 202 g/mol. The van der Waals surface area contributed by atoms with Crippen molar-refractivity contribution in [2.24, 2.45) is 0 Å². The van der Waals surface area contributed by atoms with E-state index >= 15 is 0 Å². The standard InChI is InChI=1S/C12H14N2O/c1-10(14-8-7-13-9-14)11-3-5-12(15-2)6-4-11/h3-10H,1-2H3/t10-/m1/s1. The fraction of sp³-hybridized carbons (Fsp3) is 0.250. The van der Waals surface area contributed by atoms with Crippen LogP contribution in [0.5, 0.6) is 5.75 Å². The lowest BCUT2D eigenvalue weighted by molar-refractivity contribution is 0.414. The Labute approximate surface area is 89.3 Å². The summed E-state index contributed by atoms with van der Waals surface area (Å²) in [6, 6.07) is 8.40. The molecule has 1 aromatic heterocycles. The minimum atomic E-state index is 0.304. The van der Waals surface area contributed by atoms with Gasteiger partial charge in [-0.05, 0) is 24.6 Å². The van der Waals surface area contributed by atoms with Gasteiger partial charge in [-0.2, -0.15) is 0 Å². The van der Waals surface area contributed by atoms with Crippen LogP contribution in [-0.4, -0.2) is 16.7 Å². The van der Waals surface area contributed by atoms with Crippen LogP contribution in [0.25, 0.3) is 0 Å². The molecule has 0 aliphatic heterocycles. The number of imidazole rings is 1. The summed E-state index contributed by atoms with van der Waals surface area (Å²) in [6.45, 7) is 2.14. The topological polar surface area (TPSA) is 27.1 Å². The van der Waals surface area contributed by atoms with Gasteiger partial charge in [-0.25, -0.2) is 4.98 Å². The van der Waals surface area contributed by atoms with E-state index in [1.807, 2.05) is 24.7 Å². The molecule has 3 nitrogen and oxygen atoms in total. The Balaban J connectivity index is 2.22. The molecule has 0 bridgehead atoms. The molecule has 0 N–H and O–H groups in total. The maximum Gasteiger partial charge on any atom is 0.118 e. The zero-order valence-corrected chi connectivity index (χ0v) is 8.92. The first-order valence-electron chi connectivity index (χ1n) is 4.92. The van der Waals surface area contributed by atoms with Crippen molar-refractivity contribution >= 4 is 0 Å². The van der Waals surface area contributed by atoms with Gasteiger partial charge in [0.05, 0.1) is 19.5 Å². The smallest absolute Gasteiger partial charge is 0.118 e. The highest BCUT2D eigenvalue weighted by Crippen LogP contribution is 2.20. The Morgan fingerprint density at radius 1 is 1.27 bits per heavy atom. The van der Waals surface area contributed by atoms with Crippen molar-refractivity contribution in [2.45, 2.75) is 13.0 Å². The van der Waals surface area contributed by atoms with Gasteiger partial charge in [0.1, 0.15) is 5.75 Å². The van der Waals surface area contributed by atoms with Gasteiger partial charge in [0.15, 0.2) is 0 Å². The molecule has 0 spiro atoms. The number of aromatic nitrogens is 2. The number of rotatable bonds is 3. The first-order chi connectivity index (χ1) is 7.31. The second kappa shape index (κ2) is 4.17. The Morgan fingerprint density at radius 3 is 2.53 bits per heavy atom. The van der Waals surface area contributed by atoms with Crippen LogP contribution in [0.15, 0.2) is 43.0 Å². The number of methoxy groups -OCH3 is 1. The summed E-state index contributed by atoms with van der Waals surface area (Å²) in [7, 11) is 1.67. The van der Waals surface area contributed by atoms with Crippen LogP contribution in [0.3, 0.4) is 0 Å². The van der Waals surface area contributed by atoms with Crippen LogP contribution in [0, 0.1) is 0 Å². The first kappa shape index (κ1) is 9.77. The number of hydrogen-bond donors (Lipinski definition) is 0. The molecule has 78 valence electrons. The highest BCUT2D eigenvalue weighted by molar-refractivity contribution is 5.29. The summed E-state index contributed by atoms with van der Waals surface area (Å²) >= 11 is 0. The van der Waals surface area contributed by atoms with E-state index in [2.05, 4.69) is 28.6 Å². The third kappa shape index (κ3) is 2.01. The number of benzene rings is 1. The van der Waals surface area contributed by atoms with Gasteiger partial charge in [-0.15, -0.1) is 0 Å². The number of nitrogens with zero attached hydrogens (tertiary/aromatic N) is 2. The summed E-state index contributed by atoms with van der Waals surface area (Å²) in [6.07, 6.45) is 5.59. The van der Waals surface area contributed by atoms with E-state index in [9.17, 15) is 0 Å². The third-order valence-corrected chi connectivity index (χ3v) is 2.57. The summed E-state index contributed by atoms with van der Waals surface area (Å²) in [4.78, 5) is 4.04. The molecule has 2 aromatic rings. The highest BCUT2D eigenvalue weighted by atomic mass is 16.5. The Hall–Kier alpha value is -1.77. The van der Waals surface area contributed by atoms with Gasteiger partial charge >= 0.3 is 0 Å².